The van der Waals surface area contributed by atoms with Crippen LogP contribution in [0.4, 0.5) is 0 Å². The average molecular weight is 426 g/mol. The lowest BCUT2D eigenvalue weighted by molar-refractivity contribution is 0.748. The van der Waals surface area contributed by atoms with Crippen molar-refractivity contribution in [2.45, 2.75) is 19.3 Å². The van der Waals surface area contributed by atoms with Crippen LogP contribution in [0.25, 0.3) is 22.3 Å². The Morgan fingerprint density at radius 2 is 2.09 bits per heavy atom. The van der Waals surface area contributed by atoms with Crippen molar-refractivity contribution in [1.82, 2.24) is 9.97 Å². The summed E-state index contributed by atoms with van der Waals surface area (Å²) in [5.41, 5.74) is 9.89. The summed E-state index contributed by atoms with van der Waals surface area (Å²) < 4.78 is 1.22. The largest absolute Gasteiger partial charge is 0.353 e. The molecule has 0 unspecified atom stereocenters. The van der Waals surface area contributed by atoms with Crippen LogP contribution < -0.4 is 5.73 Å². The van der Waals surface area contributed by atoms with E-state index in [4.69, 9.17) is 17.3 Å². The van der Waals surface area contributed by atoms with Crippen LogP contribution in [0.2, 0.25) is 5.02 Å². The fraction of sp³-hybridized carbons (Fsp3) is 0.235. The van der Waals surface area contributed by atoms with Crippen LogP contribution in [-0.4, -0.2) is 16.5 Å². The van der Waals surface area contributed by atoms with E-state index < -0.39 is 0 Å². The van der Waals surface area contributed by atoms with Crippen LogP contribution in [-0.2, 0) is 6.42 Å². The van der Waals surface area contributed by atoms with Gasteiger partial charge in [-0.25, -0.2) is 0 Å². The molecular weight excluding hydrogens is 409 g/mol. The number of aromatic amines is 1. The van der Waals surface area contributed by atoms with Crippen molar-refractivity contribution < 1.29 is 0 Å². The Hall–Kier alpha value is -1.11. The van der Waals surface area contributed by atoms with Crippen LogP contribution in [0.5, 0.6) is 0 Å². The fourth-order valence-electron chi connectivity index (χ4n) is 2.70. The van der Waals surface area contributed by atoms with Crippen molar-refractivity contribution in [2.75, 3.05) is 6.54 Å². The minimum absolute atomic E-state index is 0.670. The van der Waals surface area contributed by atoms with Crippen molar-refractivity contribution in [2.24, 2.45) is 5.73 Å². The number of pyridine rings is 1. The van der Waals surface area contributed by atoms with Gasteiger partial charge in [0, 0.05) is 20.7 Å². The van der Waals surface area contributed by atoms with Gasteiger partial charge in [-0.2, -0.15) is 0 Å². The van der Waals surface area contributed by atoms with Crippen molar-refractivity contribution >= 4 is 45.1 Å². The van der Waals surface area contributed by atoms with Crippen LogP contribution in [0.1, 0.15) is 18.4 Å². The molecule has 2 heterocycles. The fourth-order valence-corrected chi connectivity index (χ4v) is 3.40. The molecule has 0 saturated carbocycles. The van der Waals surface area contributed by atoms with E-state index in [1.807, 2.05) is 12.1 Å². The molecule has 2 aromatic heterocycles. The number of H-pyrrole nitrogens is 1. The second-order valence-corrected chi connectivity index (χ2v) is 6.90. The number of hydrogen-bond acceptors (Lipinski definition) is 2. The predicted octanol–water partition coefficient (Wildman–Crippen LogP) is 4.77. The first-order valence-electron chi connectivity index (χ1n) is 7.31. The third-order valence-corrected chi connectivity index (χ3v) is 4.72. The van der Waals surface area contributed by atoms with Gasteiger partial charge in [0.15, 0.2) is 0 Å². The number of benzene rings is 1. The molecule has 114 valence electrons. The van der Waals surface area contributed by atoms with E-state index in [1.165, 1.54) is 14.5 Å². The number of unbranched alkanes of at least 4 members (excludes halogenated alkanes) is 1. The molecule has 0 saturated heterocycles. The van der Waals surface area contributed by atoms with Gasteiger partial charge >= 0.3 is 0 Å². The summed E-state index contributed by atoms with van der Waals surface area (Å²) in [7, 11) is 0. The standard InChI is InChI=1S/C17H17ClIN3/c18-14-5-3-9-21-17(14)16-12(4-1-2-8-20)13-10-11(19)6-7-15(13)22-16/h3,5-7,9-10,22H,1-2,4,8,20H2. The first-order valence-corrected chi connectivity index (χ1v) is 8.77. The number of nitrogens with zero attached hydrogens (tertiary/aromatic N) is 1. The summed E-state index contributed by atoms with van der Waals surface area (Å²) in [5.74, 6) is 0. The van der Waals surface area contributed by atoms with Gasteiger partial charge in [0.2, 0.25) is 0 Å². The predicted molar refractivity (Wildman–Crippen MR) is 101 cm³/mol. The third-order valence-electron chi connectivity index (χ3n) is 3.74. The lowest BCUT2D eigenvalue weighted by Crippen LogP contribution is -1.99. The van der Waals surface area contributed by atoms with Crippen LogP contribution in [0.3, 0.4) is 0 Å². The number of nitrogens with one attached hydrogen (secondary N) is 1. The van der Waals surface area contributed by atoms with Gasteiger partial charge in [0.1, 0.15) is 5.69 Å². The summed E-state index contributed by atoms with van der Waals surface area (Å²) in [4.78, 5) is 7.96. The van der Waals surface area contributed by atoms with E-state index in [1.54, 1.807) is 6.20 Å². The molecule has 0 atom stereocenters. The number of aryl methyl sites for hydroxylation is 1. The molecule has 3 nitrogen and oxygen atoms in total. The highest BCUT2D eigenvalue weighted by atomic mass is 127. The minimum Gasteiger partial charge on any atom is -0.353 e. The van der Waals surface area contributed by atoms with Crippen LogP contribution >= 0.6 is 34.2 Å². The molecule has 0 aliphatic heterocycles. The van der Waals surface area contributed by atoms with Gasteiger partial charge in [-0.3, -0.25) is 4.98 Å². The van der Waals surface area contributed by atoms with E-state index in [-0.39, 0.29) is 0 Å². The topological polar surface area (TPSA) is 54.7 Å². The molecule has 0 amide bonds. The van der Waals surface area contributed by atoms with Gasteiger partial charge in [0.25, 0.3) is 0 Å². The van der Waals surface area contributed by atoms with Crippen LogP contribution in [0, 0.1) is 3.57 Å². The Bertz CT molecular complexity index is 798. The molecule has 3 rings (SSSR count). The van der Waals surface area contributed by atoms with Gasteiger partial charge in [-0.1, -0.05) is 11.6 Å². The van der Waals surface area contributed by atoms with E-state index in [9.17, 15) is 0 Å². The lowest BCUT2D eigenvalue weighted by atomic mass is 10.0. The number of halogens is 2. The normalized spacial score (nSPS) is 11.2. The molecule has 0 aliphatic rings. The zero-order chi connectivity index (χ0) is 15.5. The Kier molecular flexibility index (Phi) is 5.00. The molecule has 22 heavy (non-hydrogen) atoms. The Labute approximate surface area is 148 Å². The highest BCUT2D eigenvalue weighted by Crippen LogP contribution is 2.34. The monoisotopic (exact) mass is 425 g/mol. The van der Waals surface area contributed by atoms with E-state index in [0.29, 0.717) is 5.02 Å². The Morgan fingerprint density at radius 1 is 1.23 bits per heavy atom. The second kappa shape index (κ2) is 6.98. The smallest absolute Gasteiger partial charge is 0.105 e. The highest BCUT2D eigenvalue weighted by molar-refractivity contribution is 14.1. The number of rotatable bonds is 5. The molecule has 0 spiro atoms. The number of aromatic nitrogens is 2. The van der Waals surface area contributed by atoms with E-state index in [0.717, 1.165) is 42.7 Å². The number of hydrogen-bond donors (Lipinski definition) is 2. The summed E-state index contributed by atoms with van der Waals surface area (Å²) in [5, 5.41) is 1.92. The van der Waals surface area contributed by atoms with Crippen molar-refractivity contribution in [3.8, 4) is 11.4 Å². The Balaban J connectivity index is 2.15. The minimum atomic E-state index is 0.670. The van der Waals surface area contributed by atoms with Crippen molar-refractivity contribution in [1.29, 1.82) is 0 Å². The SMILES string of the molecule is NCCCCc1c(-c2ncccc2Cl)[nH]c2ccc(I)cc12. The maximum absolute atomic E-state index is 6.35. The third kappa shape index (κ3) is 3.14. The zero-order valence-corrected chi connectivity index (χ0v) is 15.0. The van der Waals surface area contributed by atoms with Crippen LogP contribution in [0.15, 0.2) is 36.5 Å². The van der Waals surface area contributed by atoms with Gasteiger partial charge in [-0.05, 0) is 84.3 Å². The maximum Gasteiger partial charge on any atom is 0.105 e. The molecule has 0 radical (unpaired) electrons. The molecule has 3 N–H and O–H groups in total. The van der Waals surface area contributed by atoms with Gasteiger partial charge in [-0.15, -0.1) is 0 Å². The summed E-state index contributed by atoms with van der Waals surface area (Å²) >= 11 is 8.69. The molecule has 1 aromatic carbocycles. The molecule has 0 fully saturated rings. The highest BCUT2D eigenvalue weighted by Gasteiger charge is 2.16. The molecule has 5 heteroatoms. The zero-order valence-electron chi connectivity index (χ0n) is 12.1. The first-order chi connectivity index (χ1) is 10.7. The first kappa shape index (κ1) is 15.8. The van der Waals surface area contributed by atoms with Gasteiger partial charge in [0.05, 0.1) is 10.7 Å². The maximum atomic E-state index is 6.35. The summed E-state index contributed by atoms with van der Waals surface area (Å²) in [6, 6.07) is 10.2. The van der Waals surface area contributed by atoms with E-state index >= 15 is 0 Å². The van der Waals surface area contributed by atoms with Gasteiger partial charge < -0.3 is 10.7 Å². The second-order valence-electron chi connectivity index (χ2n) is 5.25. The molecule has 0 aliphatic carbocycles. The number of nitrogens with two attached hydrogens (primary N) is 1. The molecule has 3 aromatic rings. The molecule has 0 bridgehead atoms. The quantitative estimate of drug-likeness (QED) is 0.457. The summed E-state index contributed by atoms with van der Waals surface area (Å²) in [6.07, 6.45) is 4.83. The van der Waals surface area contributed by atoms with E-state index in [2.05, 4.69) is 50.8 Å². The van der Waals surface area contributed by atoms with Crippen molar-refractivity contribution in [3.05, 3.63) is 50.7 Å². The average Bonchev–Trinajstić information content (AvgIpc) is 2.86. The lowest BCUT2D eigenvalue weighted by Gasteiger charge is -2.06. The van der Waals surface area contributed by atoms with Crippen molar-refractivity contribution in [3.63, 3.8) is 0 Å². The molecular formula is C17H17ClIN3. The number of fused-ring (bicyclic) bond motifs is 1. The summed E-state index contributed by atoms with van der Waals surface area (Å²) in [6.45, 7) is 0.722. The Morgan fingerprint density at radius 3 is 2.86 bits per heavy atom.